The molecule has 6 nitrogen and oxygen atoms in total. The fourth-order valence-electron chi connectivity index (χ4n) is 2.69. The van der Waals surface area contributed by atoms with E-state index in [4.69, 9.17) is 4.74 Å². The number of hydrogen-bond acceptors (Lipinski definition) is 4. The van der Waals surface area contributed by atoms with Gasteiger partial charge in [0.15, 0.2) is 0 Å². The van der Waals surface area contributed by atoms with Gasteiger partial charge in [-0.2, -0.15) is 0 Å². The van der Waals surface area contributed by atoms with Crippen molar-refractivity contribution in [3.05, 3.63) is 11.1 Å². The molecule has 0 amide bonds. The van der Waals surface area contributed by atoms with Gasteiger partial charge in [0.25, 0.3) is 0 Å². The highest BCUT2D eigenvalue weighted by atomic mass is 16.5. The van der Waals surface area contributed by atoms with Gasteiger partial charge in [-0.3, -0.25) is 4.90 Å². The number of rotatable bonds is 8. The van der Waals surface area contributed by atoms with E-state index in [1.54, 1.807) is 6.92 Å². The summed E-state index contributed by atoms with van der Waals surface area (Å²) in [6.45, 7) is 9.09. The third kappa shape index (κ3) is 5.10. The van der Waals surface area contributed by atoms with Gasteiger partial charge in [-0.1, -0.05) is 27.2 Å². The maximum atomic E-state index is 11.6. The van der Waals surface area contributed by atoms with Gasteiger partial charge in [0.05, 0.1) is 18.8 Å². The number of aliphatic carboxylic acids is 2. The molecule has 1 saturated heterocycles. The van der Waals surface area contributed by atoms with Crippen molar-refractivity contribution in [1.29, 1.82) is 0 Å². The lowest BCUT2D eigenvalue weighted by Crippen LogP contribution is -2.37. The summed E-state index contributed by atoms with van der Waals surface area (Å²) in [6.07, 6.45) is 1.06. The first kappa shape index (κ1) is 18.6. The van der Waals surface area contributed by atoms with Crippen LogP contribution in [0.2, 0.25) is 0 Å². The largest absolute Gasteiger partial charge is 0.478 e. The second kappa shape index (κ2) is 8.90. The summed E-state index contributed by atoms with van der Waals surface area (Å²) in [7, 11) is 0. The normalized spacial score (nSPS) is 20.1. The van der Waals surface area contributed by atoms with E-state index in [1.165, 1.54) is 0 Å². The third-order valence-corrected chi connectivity index (χ3v) is 4.55. The second-order valence-electron chi connectivity index (χ2n) is 5.88. The molecule has 0 aliphatic carbocycles. The molecule has 1 fully saturated rings. The number of hydrogen-bond donors (Lipinski definition) is 2. The Morgan fingerprint density at radius 2 is 1.73 bits per heavy atom. The molecule has 0 aromatic rings. The van der Waals surface area contributed by atoms with Crippen LogP contribution in [0, 0.1) is 11.8 Å². The van der Waals surface area contributed by atoms with Crippen LogP contribution in [0.25, 0.3) is 0 Å². The molecule has 2 atom stereocenters. The molecule has 1 rings (SSSR count). The molecule has 0 aromatic carbocycles. The average molecular weight is 313 g/mol. The van der Waals surface area contributed by atoms with Gasteiger partial charge in [0.2, 0.25) is 0 Å². The number of ether oxygens (including phenoxy) is 1. The van der Waals surface area contributed by atoms with Crippen molar-refractivity contribution in [2.75, 3.05) is 32.8 Å². The molecule has 2 N–H and O–H groups in total. The van der Waals surface area contributed by atoms with Crippen LogP contribution in [-0.2, 0) is 14.3 Å². The molecule has 6 heteroatoms. The molecule has 1 aliphatic rings. The molecular formula is C16H27NO5. The minimum absolute atomic E-state index is 0.0341. The minimum Gasteiger partial charge on any atom is -0.478 e. The smallest absolute Gasteiger partial charge is 0.332 e. The Hall–Kier alpha value is -1.40. The third-order valence-electron chi connectivity index (χ3n) is 4.55. The highest BCUT2D eigenvalue weighted by Gasteiger charge is 2.28. The van der Waals surface area contributed by atoms with Crippen LogP contribution in [-0.4, -0.2) is 59.9 Å². The van der Waals surface area contributed by atoms with Gasteiger partial charge < -0.3 is 14.9 Å². The monoisotopic (exact) mass is 313 g/mol. The number of morpholine rings is 1. The van der Waals surface area contributed by atoms with Crippen LogP contribution in [0.15, 0.2) is 11.1 Å². The Labute approximate surface area is 131 Å². The summed E-state index contributed by atoms with van der Waals surface area (Å²) in [5.74, 6) is -2.39. The van der Waals surface area contributed by atoms with Crippen LogP contribution in [0.5, 0.6) is 0 Å². The predicted molar refractivity (Wildman–Crippen MR) is 82.8 cm³/mol. The Morgan fingerprint density at radius 3 is 2.18 bits per heavy atom. The first-order chi connectivity index (χ1) is 10.4. The predicted octanol–water partition coefficient (Wildman–Crippen LogP) is 1.86. The van der Waals surface area contributed by atoms with Crippen LogP contribution in [0.1, 0.15) is 33.6 Å². The van der Waals surface area contributed by atoms with Crippen LogP contribution >= 0.6 is 0 Å². The molecule has 1 aliphatic heterocycles. The van der Waals surface area contributed by atoms with E-state index in [9.17, 15) is 19.8 Å². The summed E-state index contributed by atoms with van der Waals surface area (Å²) in [5.41, 5.74) is 0.0851. The zero-order chi connectivity index (χ0) is 16.7. The van der Waals surface area contributed by atoms with Crippen molar-refractivity contribution in [2.24, 2.45) is 11.8 Å². The lowest BCUT2D eigenvalue weighted by atomic mass is 9.83. The molecule has 22 heavy (non-hydrogen) atoms. The average Bonchev–Trinajstić information content (AvgIpc) is 2.50. The van der Waals surface area contributed by atoms with Crippen molar-refractivity contribution in [1.82, 2.24) is 4.90 Å². The van der Waals surface area contributed by atoms with Crippen LogP contribution < -0.4 is 0 Å². The Kier molecular flexibility index (Phi) is 7.55. The van der Waals surface area contributed by atoms with E-state index in [1.807, 2.05) is 13.8 Å². The molecule has 2 unspecified atom stereocenters. The van der Waals surface area contributed by atoms with Gasteiger partial charge in [0, 0.05) is 25.2 Å². The first-order valence-corrected chi connectivity index (χ1v) is 7.88. The van der Waals surface area contributed by atoms with Gasteiger partial charge in [-0.05, 0) is 18.3 Å². The maximum absolute atomic E-state index is 11.6. The quantitative estimate of drug-likeness (QED) is 0.665. The fourth-order valence-corrected chi connectivity index (χ4v) is 2.69. The van der Waals surface area contributed by atoms with Crippen LogP contribution in [0.3, 0.4) is 0 Å². The number of carboxylic acid groups (broad SMARTS) is 2. The second-order valence-corrected chi connectivity index (χ2v) is 5.88. The van der Waals surface area contributed by atoms with Crippen molar-refractivity contribution >= 4 is 11.9 Å². The van der Waals surface area contributed by atoms with Crippen molar-refractivity contribution in [3.63, 3.8) is 0 Å². The Balaban J connectivity index is 2.94. The van der Waals surface area contributed by atoms with Crippen molar-refractivity contribution in [3.8, 4) is 0 Å². The maximum Gasteiger partial charge on any atom is 0.332 e. The van der Waals surface area contributed by atoms with E-state index in [0.29, 0.717) is 19.8 Å². The summed E-state index contributed by atoms with van der Waals surface area (Å²) >= 11 is 0. The molecule has 126 valence electrons. The minimum atomic E-state index is -1.12. The summed E-state index contributed by atoms with van der Waals surface area (Å²) in [4.78, 5) is 25.3. The molecule has 0 aromatic heterocycles. The van der Waals surface area contributed by atoms with E-state index in [0.717, 1.165) is 19.5 Å². The summed E-state index contributed by atoms with van der Waals surface area (Å²) in [6, 6.07) is 0. The van der Waals surface area contributed by atoms with E-state index in [2.05, 4.69) is 4.90 Å². The highest BCUT2D eigenvalue weighted by molar-refractivity contribution is 5.99. The van der Waals surface area contributed by atoms with Gasteiger partial charge >= 0.3 is 11.9 Å². The SMILES string of the molecule is CCC(C)C(C)/C(C(=O)O)=C(/CCN1CCOCC1)C(=O)O. The van der Waals surface area contributed by atoms with Crippen molar-refractivity contribution in [2.45, 2.75) is 33.6 Å². The van der Waals surface area contributed by atoms with E-state index < -0.39 is 11.9 Å². The molecule has 0 radical (unpaired) electrons. The number of carboxylic acids is 2. The first-order valence-electron chi connectivity index (χ1n) is 7.88. The molecule has 0 spiro atoms. The molecule has 0 saturated carbocycles. The van der Waals surface area contributed by atoms with Gasteiger partial charge in [-0.15, -0.1) is 0 Å². The number of carbonyl (C=O) groups is 2. The summed E-state index contributed by atoms with van der Waals surface area (Å²) < 4.78 is 5.26. The standard InChI is InChI=1S/C16H27NO5/c1-4-11(2)12(3)14(16(20)21)13(15(18)19)5-6-17-7-9-22-10-8-17/h11-12H,4-10H2,1-3H3,(H,18,19)(H,20,21)/b14-13+. The fraction of sp³-hybridized carbons (Fsp3) is 0.750. The van der Waals surface area contributed by atoms with E-state index >= 15 is 0 Å². The topological polar surface area (TPSA) is 87.1 Å². The molecular weight excluding hydrogens is 286 g/mol. The van der Waals surface area contributed by atoms with Crippen molar-refractivity contribution < 1.29 is 24.5 Å². The zero-order valence-electron chi connectivity index (χ0n) is 13.7. The lowest BCUT2D eigenvalue weighted by Gasteiger charge is -2.27. The highest BCUT2D eigenvalue weighted by Crippen LogP contribution is 2.27. The van der Waals surface area contributed by atoms with E-state index in [-0.39, 0.29) is 29.4 Å². The van der Waals surface area contributed by atoms with Gasteiger partial charge in [-0.25, -0.2) is 9.59 Å². The van der Waals surface area contributed by atoms with Crippen LogP contribution in [0.4, 0.5) is 0 Å². The van der Waals surface area contributed by atoms with Gasteiger partial charge in [0.1, 0.15) is 0 Å². The Bertz CT molecular complexity index is 426. The summed E-state index contributed by atoms with van der Waals surface area (Å²) in [5, 5.41) is 19.0. The molecule has 1 heterocycles. The Morgan fingerprint density at radius 1 is 1.14 bits per heavy atom. The zero-order valence-corrected chi connectivity index (χ0v) is 13.7. The lowest BCUT2D eigenvalue weighted by molar-refractivity contribution is -0.136. The molecule has 0 bridgehead atoms. The number of nitrogens with zero attached hydrogens (tertiary/aromatic N) is 1.